The van der Waals surface area contributed by atoms with Crippen molar-refractivity contribution in [2.45, 2.75) is 58.0 Å². The Bertz CT molecular complexity index is 1530. The number of amides is 1. The first-order valence-electron chi connectivity index (χ1n) is 14.3. The maximum absolute atomic E-state index is 13.6. The standard InChI is InChI=1S/C33H37ClN4O5/c1-4-5-13-29-36-31(34)26(18-19-30(39)42-2)38(29)22-24-14-16-25(17-15-24)35-32(40)28(21-23-10-7-6-8-11-23)37-20-9-12-27(37)33(41)43-3/h6-12,14-17,20,28H,4-5,13,18-19,21-22H2,1-3H3,(H,35,40). The molecule has 1 atom stereocenters. The van der Waals surface area contributed by atoms with E-state index < -0.39 is 12.0 Å². The summed E-state index contributed by atoms with van der Waals surface area (Å²) in [6.07, 6.45) is 5.51. The number of methoxy groups -OCH3 is 2. The summed E-state index contributed by atoms with van der Waals surface area (Å²) in [5.74, 6) is -0.195. The van der Waals surface area contributed by atoms with Crippen molar-refractivity contribution in [2.75, 3.05) is 19.5 Å². The third-order valence-corrected chi connectivity index (χ3v) is 7.60. The van der Waals surface area contributed by atoms with Gasteiger partial charge in [-0.3, -0.25) is 9.59 Å². The molecule has 4 rings (SSSR count). The summed E-state index contributed by atoms with van der Waals surface area (Å²) < 4.78 is 13.5. The molecule has 226 valence electrons. The third-order valence-electron chi connectivity index (χ3n) is 7.30. The van der Waals surface area contributed by atoms with Gasteiger partial charge in [-0.2, -0.15) is 0 Å². The number of rotatable bonds is 14. The van der Waals surface area contributed by atoms with Crippen molar-refractivity contribution in [1.29, 1.82) is 0 Å². The highest BCUT2D eigenvalue weighted by Crippen LogP contribution is 2.24. The van der Waals surface area contributed by atoms with Crippen LogP contribution < -0.4 is 5.32 Å². The van der Waals surface area contributed by atoms with Crippen LogP contribution in [0.3, 0.4) is 0 Å². The van der Waals surface area contributed by atoms with Crippen LogP contribution in [0, 0.1) is 0 Å². The predicted molar refractivity (Wildman–Crippen MR) is 165 cm³/mol. The van der Waals surface area contributed by atoms with Crippen molar-refractivity contribution >= 4 is 35.1 Å². The van der Waals surface area contributed by atoms with Crippen molar-refractivity contribution in [2.24, 2.45) is 0 Å². The number of aryl methyl sites for hydroxylation is 1. The molecule has 0 fully saturated rings. The van der Waals surface area contributed by atoms with Crippen LogP contribution in [-0.2, 0) is 44.9 Å². The average molecular weight is 605 g/mol. The summed E-state index contributed by atoms with van der Waals surface area (Å²) >= 11 is 6.51. The van der Waals surface area contributed by atoms with E-state index in [1.807, 2.05) is 54.6 Å². The SMILES string of the molecule is CCCCc1nc(Cl)c(CCC(=O)OC)n1Cc1ccc(NC(=O)C(Cc2ccccc2)n2cccc2C(=O)OC)cc1. The highest BCUT2D eigenvalue weighted by molar-refractivity contribution is 6.30. The summed E-state index contributed by atoms with van der Waals surface area (Å²) in [6, 6.07) is 19.9. The fourth-order valence-corrected chi connectivity index (χ4v) is 5.27. The monoisotopic (exact) mass is 604 g/mol. The van der Waals surface area contributed by atoms with Gasteiger partial charge in [0.1, 0.15) is 17.6 Å². The number of anilines is 1. The number of hydrogen-bond donors (Lipinski definition) is 1. The Morgan fingerprint density at radius 1 is 0.930 bits per heavy atom. The number of esters is 2. The summed E-state index contributed by atoms with van der Waals surface area (Å²) in [4.78, 5) is 42.5. The second-order valence-electron chi connectivity index (χ2n) is 10.2. The Hall–Kier alpha value is -4.37. The van der Waals surface area contributed by atoms with Gasteiger partial charge in [0.05, 0.1) is 26.3 Å². The molecular weight excluding hydrogens is 568 g/mol. The van der Waals surface area contributed by atoms with E-state index in [1.54, 1.807) is 22.9 Å². The number of benzene rings is 2. The smallest absolute Gasteiger partial charge is 0.354 e. The van der Waals surface area contributed by atoms with Gasteiger partial charge in [-0.05, 0) is 41.8 Å². The first kappa shape index (κ1) is 31.6. The lowest BCUT2D eigenvalue weighted by Crippen LogP contribution is -2.29. The van der Waals surface area contributed by atoms with Crippen LogP contribution in [0.2, 0.25) is 5.15 Å². The molecule has 0 saturated carbocycles. The summed E-state index contributed by atoms with van der Waals surface area (Å²) in [5, 5.41) is 3.42. The zero-order chi connectivity index (χ0) is 30.8. The van der Waals surface area contributed by atoms with E-state index in [0.717, 1.165) is 41.9 Å². The first-order valence-corrected chi connectivity index (χ1v) is 14.7. The van der Waals surface area contributed by atoms with Crippen molar-refractivity contribution in [3.05, 3.63) is 106 Å². The van der Waals surface area contributed by atoms with E-state index in [9.17, 15) is 14.4 Å². The second kappa shape index (κ2) is 15.2. The zero-order valence-electron chi connectivity index (χ0n) is 24.7. The number of unbranched alkanes of at least 4 members (excludes halogenated alkanes) is 1. The molecule has 0 bridgehead atoms. The number of carbonyl (C=O) groups is 3. The van der Waals surface area contributed by atoms with Crippen molar-refractivity contribution in [3.8, 4) is 0 Å². The average Bonchev–Trinajstić information content (AvgIpc) is 3.62. The molecule has 1 amide bonds. The minimum atomic E-state index is -0.683. The highest BCUT2D eigenvalue weighted by atomic mass is 35.5. The molecule has 0 aliphatic carbocycles. The number of hydrogen-bond acceptors (Lipinski definition) is 6. The topological polar surface area (TPSA) is 104 Å². The minimum absolute atomic E-state index is 0.212. The number of carbonyl (C=O) groups excluding carboxylic acids is 3. The number of halogens is 1. The number of nitrogens with one attached hydrogen (secondary N) is 1. The molecule has 2 aromatic carbocycles. The lowest BCUT2D eigenvalue weighted by molar-refractivity contribution is -0.140. The minimum Gasteiger partial charge on any atom is -0.469 e. The molecule has 10 heteroatoms. The van der Waals surface area contributed by atoms with E-state index >= 15 is 0 Å². The molecule has 0 radical (unpaired) electrons. The maximum Gasteiger partial charge on any atom is 0.354 e. The molecular formula is C33H37ClN4O5. The van der Waals surface area contributed by atoms with Crippen LogP contribution in [-0.4, -0.2) is 46.2 Å². The number of ether oxygens (including phenoxy) is 2. The third kappa shape index (κ3) is 8.14. The summed E-state index contributed by atoms with van der Waals surface area (Å²) in [7, 11) is 2.69. The first-order chi connectivity index (χ1) is 20.8. The van der Waals surface area contributed by atoms with E-state index in [4.69, 9.17) is 21.1 Å². The summed E-state index contributed by atoms with van der Waals surface area (Å²) in [5.41, 5.74) is 3.67. The van der Waals surface area contributed by atoms with Crippen molar-refractivity contribution in [3.63, 3.8) is 0 Å². The van der Waals surface area contributed by atoms with Gasteiger partial charge in [-0.1, -0.05) is 67.4 Å². The molecule has 0 saturated heterocycles. The molecule has 0 spiro atoms. The molecule has 43 heavy (non-hydrogen) atoms. The number of aromatic nitrogens is 3. The fourth-order valence-electron chi connectivity index (χ4n) is 4.98. The molecule has 0 aliphatic rings. The molecule has 1 unspecified atom stereocenters. The van der Waals surface area contributed by atoms with Gasteiger partial charge in [0, 0.05) is 37.7 Å². The van der Waals surface area contributed by atoms with Gasteiger partial charge < -0.3 is 23.9 Å². The van der Waals surface area contributed by atoms with Crippen LogP contribution in [0.15, 0.2) is 72.9 Å². The zero-order valence-corrected chi connectivity index (χ0v) is 25.5. The van der Waals surface area contributed by atoms with Crippen LogP contribution in [0.4, 0.5) is 5.69 Å². The Kier molecular flexibility index (Phi) is 11.2. The van der Waals surface area contributed by atoms with Gasteiger partial charge in [0.15, 0.2) is 5.15 Å². The maximum atomic E-state index is 13.6. The van der Waals surface area contributed by atoms with Crippen molar-refractivity contribution in [1.82, 2.24) is 14.1 Å². The lowest BCUT2D eigenvalue weighted by Gasteiger charge is -2.21. The van der Waals surface area contributed by atoms with E-state index in [0.29, 0.717) is 35.9 Å². The van der Waals surface area contributed by atoms with Gasteiger partial charge in [0.2, 0.25) is 5.91 Å². The van der Waals surface area contributed by atoms with Gasteiger partial charge in [0.25, 0.3) is 0 Å². The molecule has 2 heterocycles. The van der Waals surface area contributed by atoms with Gasteiger partial charge in [-0.15, -0.1) is 0 Å². The van der Waals surface area contributed by atoms with Crippen molar-refractivity contribution < 1.29 is 23.9 Å². The van der Waals surface area contributed by atoms with Crippen LogP contribution in [0.1, 0.15) is 65.4 Å². The van der Waals surface area contributed by atoms with E-state index in [1.165, 1.54) is 14.2 Å². The largest absolute Gasteiger partial charge is 0.469 e. The Labute approximate surface area is 256 Å². The van der Waals surface area contributed by atoms with Gasteiger partial charge >= 0.3 is 11.9 Å². The fraction of sp³-hybridized carbons (Fsp3) is 0.333. The second-order valence-corrected chi connectivity index (χ2v) is 10.6. The molecule has 4 aromatic rings. The van der Waals surface area contributed by atoms with Crippen LogP contribution in [0.25, 0.3) is 0 Å². The molecule has 1 N–H and O–H groups in total. The highest BCUT2D eigenvalue weighted by Gasteiger charge is 2.25. The lowest BCUT2D eigenvalue weighted by atomic mass is 10.0. The van der Waals surface area contributed by atoms with E-state index in [2.05, 4.69) is 21.8 Å². The molecule has 9 nitrogen and oxygen atoms in total. The normalized spacial score (nSPS) is 11.6. The summed E-state index contributed by atoms with van der Waals surface area (Å²) in [6.45, 7) is 2.64. The Morgan fingerprint density at radius 2 is 1.67 bits per heavy atom. The Balaban J connectivity index is 1.54. The molecule has 2 aromatic heterocycles. The van der Waals surface area contributed by atoms with E-state index in [-0.39, 0.29) is 18.3 Å². The number of nitrogens with zero attached hydrogens (tertiary/aromatic N) is 3. The predicted octanol–water partition coefficient (Wildman–Crippen LogP) is 6.04. The van der Waals surface area contributed by atoms with Crippen LogP contribution >= 0.6 is 11.6 Å². The number of imidazole rings is 1. The quantitative estimate of drug-likeness (QED) is 0.176. The molecule has 0 aliphatic heterocycles. The van der Waals surface area contributed by atoms with Gasteiger partial charge in [-0.25, -0.2) is 9.78 Å². The van der Waals surface area contributed by atoms with Crippen LogP contribution in [0.5, 0.6) is 0 Å². The Morgan fingerprint density at radius 3 is 2.35 bits per heavy atom.